The summed E-state index contributed by atoms with van der Waals surface area (Å²) in [6, 6.07) is 6.08. The number of oxazole rings is 1. The van der Waals surface area contributed by atoms with Crippen molar-refractivity contribution in [3.8, 4) is 0 Å². The molecule has 17 heavy (non-hydrogen) atoms. The number of hydrogen-bond acceptors (Lipinski definition) is 3. The Morgan fingerprint density at radius 1 is 1.35 bits per heavy atom. The molecular formula is C14H18N2O. The average molecular weight is 230 g/mol. The highest BCUT2D eigenvalue weighted by Crippen LogP contribution is 2.32. The summed E-state index contributed by atoms with van der Waals surface area (Å²) in [6.45, 7) is 5.31. The van der Waals surface area contributed by atoms with Gasteiger partial charge in [-0.3, -0.25) is 0 Å². The molecule has 1 aliphatic heterocycles. The van der Waals surface area contributed by atoms with Gasteiger partial charge in [0.2, 0.25) is 5.89 Å². The van der Waals surface area contributed by atoms with Gasteiger partial charge < -0.3 is 9.73 Å². The van der Waals surface area contributed by atoms with Crippen molar-refractivity contribution in [2.24, 2.45) is 0 Å². The third kappa shape index (κ3) is 1.75. The summed E-state index contributed by atoms with van der Waals surface area (Å²) >= 11 is 0. The minimum Gasteiger partial charge on any atom is -0.439 e. The molecule has 2 aromatic rings. The molecule has 1 N–H and O–H groups in total. The van der Waals surface area contributed by atoms with Crippen LogP contribution in [0.5, 0.6) is 0 Å². The maximum atomic E-state index is 5.92. The number of hydrogen-bond donors (Lipinski definition) is 1. The summed E-state index contributed by atoms with van der Waals surface area (Å²) in [7, 11) is 0. The second-order valence-corrected chi connectivity index (χ2v) is 5.16. The molecule has 0 saturated carbocycles. The van der Waals surface area contributed by atoms with E-state index in [1.54, 1.807) is 0 Å². The second kappa shape index (κ2) is 3.84. The summed E-state index contributed by atoms with van der Waals surface area (Å²) in [4.78, 5) is 4.68. The van der Waals surface area contributed by atoms with Crippen molar-refractivity contribution in [1.29, 1.82) is 0 Å². The van der Waals surface area contributed by atoms with Crippen LogP contribution in [0, 0.1) is 6.92 Å². The van der Waals surface area contributed by atoms with Crippen LogP contribution in [0.1, 0.15) is 37.6 Å². The Morgan fingerprint density at radius 3 is 2.94 bits per heavy atom. The lowest BCUT2D eigenvalue weighted by molar-refractivity contribution is 0.232. The molecule has 2 heterocycles. The lowest BCUT2D eigenvalue weighted by Gasteiger charge is -2.31. The monoisotopic (exact) mass is 230 g/mol. The number of aryl methyl sites for hydroxylation is 1. The Labute approximate surface area is 101 Å². The zero-order valence-corrected chi connectivity index (χ0v) is 10.4. The van der Waals surface area contributed by atoms with Crippen LogP contribution in [0.3, 0.4) is 0 Å². The van der Waals surface area contributed by atoms with Gasteiger partial charge in [0.05, 0.1) is 5.54 Å². The molecule has 0 amide bonds. The molecule has 1 aromatic carbocycles. The van der Waals surface area contributed by atoms with Gasteiger partial charge >= 0.3 is 0 Å². The number of piperidine rings is 1. The minimum absolute atomic E-state index is 0.0935. The first-order valence-electron chi connectivity index (χ1n) is 6.31. The largest absolute Gasteiger partial charge is 0.439 e. The minimum atomic E-state index is -0.0935. The first-order chi connectivity index (χ1) is 8.19. The quantitative estimate of drug-likeness (QED) is 0.818. The number of benzene rings is 1. The van der Waals surface area contributed by atoms with Gasteiger partial charge in [0.25, 0.3) is 0 Å². The van der Waals surface area contributed by atoms with Crippen molar-refractivity contribution < 1.29 is 4.42 Å². The van der Waals surface area contributed by atoms with E-state index in [1.165, 1.54) is 18.4 Å². The number of aromatic nitrogens is 1. The predicted molar refractivity (Wildman–Crippen MR) is 68.0 cm³/mol. The van der Waals surface area contributed by atoms with Crippen molar-refractivity contribution in [2.45, 2.75) is 38.6 Å². The molecule has 3 heteroatoms. The molecule has 1 saturated heterocycles. The third-order valence-electron chi connectivity index (χ3n) is 3.71. The zero-order chi connectivity index (χ0) is 11.9. The Balaban J connectivity index is 2.08. The molecule has 90 valence electrons. The Kier molecular flexibility index (Phi) is 2.44. The predicted octanol–water partition coefficient (Wildman–Crippen LogP) is 3.12. The van der Waals surface area contributed by atoms with Crippen LogP contribution in [0.15, 0.2) is 22.6 Å². The van der Waals surface area contributed by atoms with Gasteiger partial charge in [-0.05, 0) is 51.3 Å². The van der Waals surface area contributed by atoms with E-state index in [-0.39, 0.29) is 5.54 Å². The number of rotatable bonds is 1. The van der Waals surface area contributed by atoms with Crippen molar-refractivity contribution in [1.82, 2.24) is 10.3 Å². The topological polar surface area (TPSA) is 38.1 Å². The van der Waals surface area contributed by atoms with Crippen molar-refractivity contribution >= 4 is 11.1 Å². The van der Waals surface area contributed by atoms with Gasteiger partial charge in [-0.2, -0.15) is 0 Å². The van der Waals surface area contributed by atoms with Crippen molar-refractivity contribution in [3.63, 3.8) is 0 Å². The summed E-state index contributed by atoms with van der Waals surface area (Å²) in [5.41, 5.74) is 2.98. The van der Waals surface area contributed by atoms with E-state index in [1.807, 2.05) is 12.1 Å². The van der Waals surface area contributed by atoms with Crippen LogP contribution in [0.25, 0.3) is 11.1 Å². The molecule has 1 atom stereocenters. The van der Waals surface area contributed by atoms with E-state index < -0.39 is 0 Å². The van der Waals surface area contributed by atoms with E-state index in [2.05, 4.69) is 30.2 Å². The van der Waals surface area contributed by atoms with E-state index in [4.69, 9.17) is 4.42 Å². The van der Waals surface area contributed by atoms with Crippen molar-refractivity contribution in [2.75, 3.05) is 6.54 Å². The van der Waals surface area contributed by atoms with Crippen LogP contribution in [0.4, 0.5) is 0 Å². The Morgan fingerprint density at radius 2 is 2.24 bits per heavy atom. The summed E-state index contributed by atoms with van der Waals surface area (Å²) in [5.74, 6) is 0.835. The summed E-state index contributed by atoms with van der Waals surface area (Å²) in [6.07, 6.45) is 3.58. The van der Waals surface area contributed by atoms with E-state index in [9.17, 15) is 0 Å². The molecular weight excluding hydrogens is 212 g/mol. The molecule has 3 rings (SSSR count). The fourth-order valence-corrected chi connectivity index (χ4v) is 2.56. The first-order valence-corrected chi connectivity index (χ1v) is 6.31. The van der Waals surface area contributed by atoms with Gasteiger partial charge in [-0.1, -0.05) is 12.1 Å². The molecule has 3 nitrogen and oxygen atoms in total. The highest BCUT2D eigenvalue weighted by atomic mass is 16.4. The number of para-hydroxylation sites is 1. The zero-order valence-electron chi connectivity index (χ0n) is 10.4. The van der Waals surface area contributed by atoms with Crippen molar-refractivity contribution in [3.05, 3.63) is 29.7 Å². The summed E-state index contributed by atoms with van der Waals surface area (Å²) < 4.78 is 5.92. The molecule has 1 fully saturated rings. The van der Waals surface area contributed by atoms with E-state index in [0.29, 0.717) is 0 Å². The molecule has 1 aliphatic rings. The lowest BCUT2D eigenvalue weighted by atomic mass is 9.91. The Hall–Kier alpha value is -1.35. The molecule has 0 aliphatic carbocycles. The molecule has 0 bridgehead atoms. The molecule has 1 aromatic heterocycles. The SMILES string of the molecule is Cc1cccc2oc(C3(C)CCCCN3)nc12. The van der Waals surface area contributed by atoms with E-state index >= 15 is 0 Å². The highest BCUT2D eigenvalue weighted by molar-refractivity contribution is 5.76. The van der Waals surface area contributed by atoms with E-state index in [0.717, 1.165) is 30.0 Å². The summed E-state index contributed by atoms with van der Waals surface area (Å²) in [5, 5.41) is 3.54. The average Bonchev–Trinajstić information content (AvgIpc) is 2.76. The fraction of sp³-hybridized carbons (Fsp3) is 0.500. The fourth-order valence-electron chi connectivity index (χ4n) is 2.56. The molecule has 1 unspecified atom stereocenters. The number of nitrogens with one attached hydrogen (secondary N) is 1. The van der Waals surface area contributed by atoms with Gasteiger partial charge in [-0.25, -0.2) is 4.98 Å². The smallest absolute Gasteiger partial charge is 0.215 e. The van der Waals surface area contributed by atoms with Gasteiger partial charge in [0, 0.05) is 0 Å². The first kappa shape index (κ1) is 10.8. The maximum absolute atomic E-state index is 5.92. The normalized spacial score (nSPS) is 25.3. The lowest BCUT2D eigenvalue weighted by Crippen LogP contribution is -2.43. The molecule has 0 spiro atoms. The maximum Gasteiger partial charge on any atom is 0.215 e. The second-order valence-electron chi connectivity index (χ2n) is 5.16. The van der Waals surface area contributed by atoms with Crippen LogP contribution in [-0.2, 0) is 5.54 Å². The number of nitrogens with zero attached hydrogens (tertiary/aromatic N) is 1. The van der Waals surface area contributed by atoms with Crippen LogP contribution >= 0.6 is 0 Å². The van der Waals surface area contributed by atoms with Crippen LogP contribution in [-0.4, -0.2) is 11.5 Å². The standard InChI is InChI=1S/C14H18N2O/c1-10-6-5-7-11-12(10)16-13(17-11)14(2)8-3-4-9-15-14/h5-7,15H,3-4,8-9H2,1-2H3. The highest BCUT2D eigenvalue weighted by Gasteiger charge is 2.33. The van der Waals surface area contributed by atoms with Gasteiger partial charge in [0.1, 0.15) is 5.52 Å². The third-order valence-corrected chi connectivity index (χ3v) is 3.71. The van der Waals surface area contributed by atoms with Gasteiger partial charge in [0.15, 0.2) is 5.58 Å². The Bertz CT molecular complexity index is 538. The van der Waals surface area contributed by atoms with Gasteiger partial charge in [-0.15, -0.1) is 0 Å². The van der Waals surface area contributed by atoms with Crippen LogP contribution < -0.4 is 5.32 Å². The number of fused-ring (bicyclic) bond motifs is 1. The molecule has 0 radical (unpaired) electrons. The van der Waals surface area contributed by atoms with Crippen LogP contribution in [0.2, 0.25) is 0 Å².